The van der Waals surface area contributed by atoms with Gasteiger partial charge in [-0.1, -0.05) is 6.07 Å². The number of hydrogen-bond donors (Lipinski definition) is 2. The molecule has 5 nitrogen and oxygen atoms in total. The number of aliphatic hydroxyl groups excluding tert-OH is 1. The van der Waals surface area contributed by atoms with Gasteiger partial charge in [0, 0.05) is 25.4 Å². The predicted molar refractivity (Wildman–Crippen MR) is 83.6 cm³/mol. The van der Waals surface area contributed by atoms with Crippen LogP contribution in [-0.2, 0) is 10.0 Å². The lowest BCUT2D eigenvalue weighted by Gasteiger charge is -2.32. The van der Waals surface area contributed by atoms with Crippen molar-refractivity contribution in [2.24, 2.45) is 5.92 Å². The number of sulfonamides is 1. The summed E-state index contributed by atoms with van der Waals surface area (Å²) in [6.07, 6.45) is 1.65. The van der Waals surface area contributed by atoms with E-state index in [-0.39, 0.29) is 12.5 Å². The largest absolute Gasteiger partial charge is 0.398 e. The van der Waals surface area contributed by atoms with E-state index in [9.17, 15) is 13.5 Å². The van der Waals surface area contributed by atoms with E-state index in [1.54, 1.807) is 13.8 Å². The van der Waals surface area contributed by atoms with Crippen molar-refractivity contribution in [3.63, 3.8) is 0 Å². The number of aryl methyl sites for hydroxylation is 2. The summed E-state index contributed by atoms with van der Waals surface area (Å²) in [5.41, 5.74) is 8.80. The standard InChI is InChI=1S/C15H24N2O3S/c1-10-7-11(2)15(12(3)14(10)16)21(19,20)17-6-4-5-13(8-17)9-18/h7,13,18H,4-6,8-9,16H2,1-3H3. The Balaban J connectivity index is 2.47. The number of nitrogens with two attached hydrogens (primary N) is 1. The van der Waals surface area contributed by atoms with Gasteiger partial charge in [-0.25, -0.2) is 8.42 Å². The first-order valence-electron chi connectivity index (χ1n) is 7.26. The maximum absolute atomic E-state index is 12.9. The minimum atomic E-state index is -3.56. The quantitative estimate of drug-likeness (QED) is 0.830. The first-order chi connectivity index (χ1) is 9.78. The summed E-state index contributed by atoms with van der Waals surface area (Å²) in [5.74, 6) is 0.0249. The Labute approximate surface area is 126 Å². The molecule has 118 valence electrons. The van der Waals surface area contributed by atoms with E-state index in [0.717, 1.165) is 24.0 Å². The van der Waals surface area contributed by atoms with Crippen LogP contribution in [0.2, 0.25) is 0 Å². The third-order valence-electron chi connectivity index (χ3n) is 4.30. The van der Waals surface area contributed by atoms with Crippen LogP contribution in [0.3, 0.4) is 0 Å². The van der Waals surface area contributed by atoms with Gasteiger partial charge in [-0.3, -0.25) is 0 Å². The Bertz CT molecular complexity index is 641. The molecule has 0 aliphatic carbocycles. The Morgan fingerprint density at radius 1 is 1.33 bits per heavy atom. The third kappa shape index (κ3) is 2.93. The van der Waals surface area contributed by atoms with Crippen molar-refractivity contribution in [1.82, 2.24) is 4.31 Å². The predicted octanol–water partition coefficient (Wildman–Crippen LogP) is 1.59. The molecule has 1 unspecified atom stereocenters. The summed E-state index contributed by atoms with van der Waals surface area (Å²) < 4.78 is 27.4. The first kappa shape index (κ1) is 16.3. The minimum Gasteiger partial charge on any atom is -0.398 e. The summed E-state index contributed by atoms with van der Waals surface area (Å²) in [6.45, 7) is 6.36. The molecule has 6 heteroatoms. The van der Waals surface area contributed by atoms with Crippen LogP contribution < -0.4 is 5.73 Å². The van der Waals surface area contributed by atoms with E-state index in [4.69, 9.17) is 5.73 Å². The molecular weight excluding hydrogens is 288 g/mol. The fraction of sp³-hybridized carbons (Fsp3) is 0.600. The van der Waals surface area contributed by atoms with Crippen LogP contribution in [0.1, 0.15) is 29.5 Å². The van der Waals surface area contributed by atoms with Crippen molar-refractivity contribution < 1.29 is 13.5 Å². The number of aliphatic hydroxyl groups is 1. The summed E-state index contributed by atoms with van der Waals surface area (Å²) in [7, 11) is -3.56. The zero-order chi connectivity index (χ0) is 15.8. The first-order valence-corrected chi connectivity index (χ1v) is 8.70. The van der Waals surface area contributed by atoms with Crippen LogP contribution in [0.5, 0.6) is 0 Å². The average molecular weight is 312 g/mol. The van der Waals surface area contributed by atoms with Crippen molar-refractivity contribution >= 4 is 15.7 Å². The number of piperidine rings is 1. The van der Waals surface area contributed by atoms with Crippen molar-refractivity contribution in [1.29, 1.82) is 0 Å². The van der Waals surface area contributed by atoms with Gasteiger partial charge in [0.05, 0.1) is 4.90 Å². The normalized spacial score (nSPS) is 20.7. The summed E-state index contributed by atoms with van der Waals surface area (Å²) in [6, 6.07) is 1.82. The number of anilines is 1. The molecule has 21 heavy (non-hydrogen) atoms. The third-order valence-corrected chi connectivity index (χ3v) is 6.45. The van der Waals surface area contributed by atoms with Crippen molar-refractivity contribution in [2.45, 2.75) is 38.5 Å². The van der Waals surface area contributed by atoms with Gasteiger partial charge in [-0.15, -0.1) is 0 Å². The van der Waals surface area contributed by atoms with Gasteiger partial charge in [-0.2, -0.15) is 4.31 Å². The molecule has 2 rings (SSSR count). The Morgan fingerprint density at radius 3 is 2.62 bits per heavy atom. The molecule has 3 N–H and O–H groups in total. The molecule has 1 atom stereocenters. The second-order valence-electron chi connectivity index (χ2n) is 5.93. The number of nitrogens with zero attached hydrogens (tertiary/aromatic N) is 1. The van der Waals surface area contributed by atoms with E-state index in [0.29, 0.717) is 29.2 Å². The van der Waals surface area contributed by atoms with E-state index in [2.05, 4.69) is 0 Å². The van der Waals surface area contributed by atoms with E-state index < -0.39 is 10.0 Å². The number of benzene rings is 1. The highest BCUT2D eigenvalue weighted by Gasteiger charge is 2.32. The van der Waals surface area contributed by atoms with E-state index in [1.165, 1.54) is 4.31 Å². The summed E-state index contributed by atoms with van der Waals surface area (Å²) in [5, 5.41) is 9.29. The Kier molecular flexibility index (Phi) is 4.60. The van der Waals surface area contributed by atoms with Gasteiger partial charge in [0.15, 0.2) is 0 Å². The van der Waals surface area contributed by atoms with Crippen molar-refractivity contribution in [2.75, 3.05) is 25.4 Å². The van der Waals surface area contributed by atoms with Crippen LogP contribution in [0, 0.1) is 26.7 Å². The number of hydrogen-bond acceptors (Lipinski definition) is 4. The maximum Gasteiger partial charge on any atom is 0.243 e. The zero-order valence-corrected chi connectivity index (χ0v) is 13.7. The zero-order valence-electron chi connectivity index (χ0n) is 12.9. The highest BCUT2D eigenvalue weighted by molar-refractivity contribution is 7.89. The Morgan fingerprint density at radius 2 is 2.00 bits per heavy atom. The maximum atomic E-state index is 12.9. The SMILES string of the molecule is Cc1cc(C)c(S(=O)(=O)N2CCCC(CO)C2)c(C)c1N. The highest BCUT2D eigenvalue weighted by Crippen LogP contribution is 2.32. The van der Waals surface area contributed by atoms with Crippen molar-refractivity contribution in [3.05, 3.63) is 22.8 Å². The molecule has 0 spiro atoms. The summed E-state index contributed by atoms with van der Waals surface area (Å²) >= 11 is 0. The lowest BCUT2D eigenvalue weighted by Crippen LogP contribution is -2.41. The number of rotatable bonds is 3. The van der Waals surface area contributed by atoms with Crippen LogP contribution in [0.25, 0.3) is 0 Å². The molecule has 1 saturated heterocycles. The molecule has 0 bridgehead atoms. The minimum absolute atomic E-state index is 0.0249. The van der Waals surface area contributed by atoms with Gasteiger partial charge in [0.1, 0.15) is 0 Å². The van der Waals surface area contributed by atoms with Crippen LogP contribution in [0.4, 0.5) is 5.69 Å². The fourth-order valence-corrected chi connectivity index (χ4v) is 5.10. The smallest absolute Gasteiger partial charge is 0.243 e. The molecule has 1 heterocycles. The molecular formula is C15H24N2O3S. The van der Waals surface area contributed by atoms with Crippen LogP contribution >= 0.6 is 0 Å². The lowest BCUT2D eigenvalue weighted by atomic mass is 10.0. The van der Waals surface area contributed by atoms with Crippen LogP contribution in [0.15, 0.2) is 11.0 Å². The van der Waals surface area contributed by atoms with Gasteiger partial charge < -0.3 is 10.8 Å². The van der Waals surface area contributed by atoms with E-state index in [1.807, 2.05) is 13.0 Å². The molecule has 1 fully saturated rings. The molecule has 0 saturated carbocycles. The molecule has 0 aromatic heterocycles. The van der Waals surface area contributed by atoms with Gasteiger partial charge >= 0.3 is 0 Å². The topological polar surface area (TPSA) is 83.6 Å². The molecule has 1 aromatic rings. The van der Waals surface area contributed by atoms with Gasteiger partial charge in [0.25, 0.3) is 0 Å². The monoisotopic (exact) mass is 312 g/mol. The number of nitrogen functional groups attached to an aromatic ring is 1. The van der Waals surface area contributed by atoms with E-state index >= 15 is 0 Å². The lowest BCUT2D eigenvalue weighted by molar-refractivity contribution is 0.165. The summed E-state index contributed by atoms with van der Waals surface area (Å²) in [4.78, 5) is 0.323. The molecule has 0 amide bonds. The van der Waals surface area contributed by atoms with Gasteiger partial charge in [0.2, 0.25) is 10.0 Å². The highest BCUT2D eigenvalue weighted by atomic mass is 32.2. The van der Waals surface area contributed by atoms with Crippen LogP contribution in [-0.4, -0.2) is 37.5 Å². The molecule has 1 aromatic carbocycles. The average Bonchev–Trinajstić information content (AvgIpc) is 2.44. The fourth-order valence-electron chi connectivity index (χ4n) is 3.10. The molecule has 0 radical (unpaired) electrons. The molecule has 1 aliphatic heterocycles. The Hall–Kier alpha value is -1.11. The van der Waals surface area contributed by atoms with Crippen molar-refractivity contribution in [3.8, 4) is 0 Å². The molecule has 1 aliphatic rings. The van der Waals surface area contributed by atoms with Gasteiger partial charge in [-0.05, 0) is 56.2 Å². The second kappa shape index (κ2) is 5.94. The second-order valence-corrected chi connectivity index (χ2v) is 7.81.